The summed E-state index contributed by atoms with van der Waals surface area (Å²) in [6, 6.07) is 0. The Labute approximate surface area is 167 Å². The van der Waals surface area contributed by atoms with Crippen LogP contribution >= 0.6 is 24.0 Å². The standard InChI is InChI=1S/C17H29N5O2.HI/c1-3-18-17(19-10-14-4-7-23-8-5-14)22-6-9-24-16(13-22)15-11-20-21(2)12-15;/h11-12,14,16H,3-10,13H2,1-2H3,(H,18,19);1H. The maximum Gasteiger partial charge on any atom is 0.194 e. The number of ether oxygens (including phenoxy) is 2. The van der Waals surface area contributed by atoms with Gasteiger partial charge in [0, 0.05) is 51.7 Å². The summed E-state index contributed by atoms with van der Waals surface area (Å²) in [5.74, 6) is 1.64. The van der Waals surface area contributed by atoms with E-state index < -0.39 is 0 Å². The number of halogens is 1. The average Bonchev–Trinajstić information content (AvgIpc) is 3.06. The van der Waals surface area contributed by atoms with E-state index in [9.17, 15) is 0 Å². The molecule has 2 aliphatic rings. The Morgan fingerprint density at radius 1 is 1.36 bits per heavy atom. The zero-order valence-corrected chi connectivity index (χ0v) is 17.5. The van der Waals surface area contributed by atoms with E-state index in [1.54, 1.807) is 0 Å². The van der Waals surface area contributed by atoms with Gasteiger partial charge in [0.1, 0.15) is 6.10 Å². The van der Waals surface area contributed by atoms with Crippen LogP contribution in [0.3, 0.4) is 0 Å². The van der Waals surface area contributed by atoms with Crippen molar-refractivity contribution in [3.63, 3.8) is 0 Å². The molecule has 8 heteroatoms. The molecule has 3 heterocycles. The fourth-order valence-corrected chi connectivity index (χ4v) is 3.22. The highest BCUT2D eigenvalue weighted by molar-refractivity contribution is 14.0. The van der Waals surface area contributed by atoms with Gasteiger partial charge >= 0.3 is 0 Å². The molecule has 25 heavy (non-hydrogen) atoms. The van der Waals surface area contributed by atoms with Crippen LogP contribution < -0.4 is 5.32 Å². The van der Waals surface area contributed by atoms with E-state index in [4.69, 9.17) is 14.5 Å². The lowest BCUT2D eigenvalue weighted by molar-refractivity contribution is -0.00811. The van der Waals surface area contributed by atoms with Crippen molar-refractivity contribution in [2.75, 3.05) is 46.0 Å². The van der Waals surface area contributed by atoms with Gasteiger partial charge < -0.3 is 19.7 Å². The highest BCUT2D eigenvalue weighted by atomic mass is 127. The fourth-order valence-electron chi connectivity index (χ4n) is 3.22. The Balaban J connectivity index is 0.00000225. The van der Waals surface area contributed by atoms with Gasteiger partial charge in [-0.05, 0) is 25.7 Å². The molecular formula is C17H30IN5O2. The van der Waals surface area contributed by atoms with Crippen molar-refractivity contribution in [2.45, 2.75) is 25.9 Å². The van der Waals surface area contributed by atoms with Crippen LogP contribution in [-0.2, 0) is 16.5 Å². The summed E-state index contributed by atoms with van der Waals surface area (Å²) in [5, 5.41) is 7.69. The maximum atomic E-state index is 5.94. The number of aliphatic imine (C=N–C) groups is 1. The molecule has 7 nitrogen and oxygen atoms in total. The molecule has 0 amide bonds. The van der Waals surface area contributed by atoms with Gasteiger partial charge in [-0.25, -0.2) is 0 Å². The molecule has 2 aliphatic heterocycles. The fraction of sp³-hybridized carbons (Fsp3) is 0.765. The monoisotopic (exact) mass is 463 g/mol. The number of guanidine groups is 1. The SMILES string of the molecule is CCNC(=NCC1CCOCC1)N1CCOC(c2cnn(C)c2)C1.I. The van der Waals surface area contributed by atoms with Crippen LogP contribution in [0, 0.1) is 5.92 Å². The Morgan fingerprint density at radius 3 is 2.84 bits per heavy atom. The number of morpholine rings is 1. The Morgan fingerprint density at radius 2 is 2.16 bits per heavy atom. The van der Waals surface area contributed by atoms with E-state index in [0.717, 1.165) is 63.8 Å². The van der Waals surface area contributed by atoms with Gasteiger partial charge in [0.2, 0.25) is 0 Å². The van der Waals surface area contributed by atoms with Gasteiger partial charge in [-0.3, -0.25) is 9.67 Å². The van der Waals surface area contributed by atoms with E-state index in [1.165, 1.54) is 0 Å². The first kappa shape index (κ1) is 20.4. The predicted octanol–water partition coefficient (Wildman–Crippen LogP) is 1.80. The minimum Gasteiger partial charge on any atom is -0.381 e. The third-order valence-corrected chi connectivity index (χ3v) is 4.64. The van der Waals surface area contributed by atoms with Crippen LogP contribution in [0.5, 0.6) is 0 Å². The van der Waals surface area contributed by atoms with E-state index in [2.05, 4.69) is 22.2 Å². The number of rotatable bonds is 4. The highest BCUT2D eigenvalue weighted by Gasteiger charge is 2.25. The Bertz CT molecular complexity index is 545. The van der Waals surface area contributed by atoms with Crippen LogP contribution in [0.15, 0.2) is 17.4 Å². The molecule has 1 aromatic rings. The van der Waals surface area contributed by atoms with Crippen molar-refractivity contribution in [3.8, 4) is 0 Å². The first-order chi connectivity index (χ1) is 11.8. The van der Waals surface area contributed by atoms with Crippen LogP contribution in [0.4, 0.5) is 0 Å². The molecule has 0 radical (unpaired) electrons. The summed E-state index contributed by atoms with van der Waals surface area (Å²) in [5.41, 5.74) is 1.13. The molecule has 1 aromatic heterocycles. The second-order valence-corrected chi connectivity index (χ2v) is 6.50. The van der Waals surface area contributed by atoms with Crippen LogP contribution in [0.1, 0.15) is 31.4 Å². The van der Waals surface area contributed by atoms with Gasteiger partial charge in [-0.1, -0.05) is 0 Å². The second kappa shape index (κ2) is 10.3. The van der Waals surface area contributed by atoms with Crippen LogP contribution in [0.2, 0.25) is 0 Å². The quantitative estimate of drug-likeness (QED) is 0.419. The third-order valence-electron chi connectivity index (χ3n) is 4.64. The number of nitrogens with one attached hydrogen (secondary N) is 1. The molecule has 0 aliphatic carbocycles. The molecule has 1 unspecified atom stereocenters. The van der Waals surface area contributed by atoms with Gasteiger partial charge in [0.15, 0.2) is 5.96 Å². The van der Waals surface area contributed by atoms with Crippen LogP contribution in [-0.4, -0.2) is 66.6 Å². The van der Waals surface area contributed by atoms with E-state index in [-0.39, 0.29) is 30.1 Å². The average molecular weight is 463 g/mol. The lowest BCUT2D eigenvalue weighted by atomic mass is 10.0. The molecule has 1 atom stereocenters. The maximum absolute atomic E-state index is 5.94. The smallest absolute Gasteiger partial charge is 0.194 e. The number of aromatic nitrogens is 2. The summed E-state index contributed by atoms with van der Waals surface area (Å²) in [4.78, 5) is 7.20. The van der Waals surface area contributed by atoms with E-state index >= 15 is 0 Å². The van der Waals surface area contributed by atoms with Crippen molar-refractivity contribution in [2.24, 2.45) is 18.0 Å². The molecule has 3 rings (SSSR count). The van der Waals surface area contributed by atoms with Crippen LogP contribution in [0.25, 0.3) is 0 Å². The predicted molar refractivity (Wildman–Crippen MR) is 108 cm³/mol. The zero-order valence-electron chi connectivity index (χ0n) is 15.2. The number of nitrogens with zero attached hydrogens (tertiary/aromatic N) is 4. The minimum absolute atomic E-state index is 0. The number of hydrogen-bond acceptors (Lipinski definition) is 4. The van der Waals surface area contributed by atoms with Crippen molar-refractivity contribution in [3.05, 3.63) is 18.0 Å². The summed E-state index contributed by atoms with van der Waals surface area (Å²) in [6.45, 7) is 8.00. The number of aryl methyl sites for hydroxylation is 1. The highest BCUT2D eigenvalue weighted by Crippen LogP contribution is 2.22. The molecule has 2 fully saturated rings. The first-order valence-corrected chi connectivity index (χ1v) is 8.97. The summed E-state index contributed by atoms with van der Waals surface area (Å²) < 4.78 is 13.2. The van der Waals surface area contributed by atoms with Crippen molar-refractivity contribution < 1.29 is 9.47 Å². The van der Waals surface area contributed by atoms with Gasteiger partial charge in [0.25, 0.3) is 0 Å². The van der Waals surface area contributed by atoms with Crippen molar-refractivity contribution in [1.29, 1.82) is 0 Å². The summed E-state index contributed by atoms with van der Waals surface area (Å²) >= 11 is 0. The van der Waals surface area contributed by atoms with Gasteiger partial charge in [-0.2, -0.15) is 5.10 Å². The molecular weight excluding hydrogens is 433 g/mol. The molecule has 1 N–H and O–H groups in total. The third kappa shape index (κ3) is 5.82. The molecule has 142 valence electrons. The normalized spacial score (nSPS) is 22.6. The first-order valence-electron chi connectivity index (χ1n) is 8.97. The Hall–Kier alpha value is -0.870. The minimum atomic E-state index is 0. The van der Waals surface area contributed by atoms with E-state index in [1.807, 2.05) is 24.1 Å². The zero-order chi connectivity index (χ0) is 16.8. The topological polar surface area (TPSA) is 63.9 Å². The molecule has 0 aromatic carbocycles. The summed E-state index contributed by atoms with van der Waals surface area (Å²) in [7, 11) is 1.93. The lowest BCUT2D eigenvalue weighted by Gasteiger charge is -2.35. The van der Waals surface area contributed by atoms with Crippen molar-refractivity contribution in [1.82, 2.24) is 20.0 Å². The van der Waals surface area contributed by atoms with Crippen molar-refractivity contribution >= 4 is 29.9 Å². The Kier molecular flexibility index (Phi) is 8.44. The number of hydrogen-bond donors (Lipinski definition) is 1. The molecule has 0 bridgehead atoms. The van der Waals surface area contributed by atoms with Gasteiger partial charge in [0.05, 0.1) is 19.3 Å². The molecule has 0 spiro atoms. The second-order valence-electron chi connectivity index (χ2n) is 6.50. The van der Waals surface area contributed by atoms with E-state index in [0.29, 0.717) is 12.5 Å². The lowest BCUT2D eigenvalue weighted by Crippen LogP contribution is -2.48. The molecule has 2 saturated heterocycles. The van der Waals surface area contributed by atoms with Gasteiger partial charge in [-0.15, -0.1) is 24.0 Å². The summed E-state index contributed by atoms with van der Waals surface area (Å²) in [6.07, 6.45) is 6.20. The largest absolute Gasteiger partial charge is 0.381 e. The molecule has 0 saturated carbocycles.